The van der Waals surface area contributed by atoms with Crippen molar-refractivity contribution >= 4 is 5.78 Å². The van der Waals surface area contributed by atoms with Crippen LogP contribution in [0.25, 0.3) is 0 Å². The second-order valence-corrected chi connectivity index (χ2v) is 8.22. The number of benzene rings is 1. The van der Waals surface area contributed by atoms with Gasteiger partial charge in [-0.05, 0) is 22.0 Å². The molecular formula is C19H25NO. The average molecular weight is 283 g/mol. The fourth-order valence-corrected chi connectivity index (χ4v) is 3.39. The predicted molar refractivity (Wildman–Crippen MR) is 85.0 cm³/mol. The molecule has 1 fully saturated rings. The van der Waals surface area contributed by atoms with E-state index in [9.17, 15) is 10.1 Å². The molecule has 21 heavy (non-hydrogen) atoms. The Balaban J connectivity index is 2.40. The Labute approximate surface area is 128 Å². The van der Waals surface area contributed by atoms with Crippen LogP contribution in [-0.4, -0.2) is 5.78 Å². The standard InChI is InChI=1S/C19H25NO/c1-17(2,3)14-9-7-13(8-10-14)15-11-16(21)19(15,12-20)18(4,5)6/h7-10,15H,11H2,1-6H3/t15-,19+/m0/s1. The van der Waals surface area contributed by atoms with Crippen LogP contribution in [-0.2, 0) is 10.2 Å². The highest BCUT2D eigenvalue weighted by atomic mass is 16.1. The zero-order chi connectivity index (χ0) is 16.1. The third-order valence-electron chi connectivity index (χ3n) is 4.89. The van der Waals surface area contributed by atoms with E-state index in [4.69, 9.17) is 0 Å². The molecule has 1 saturated carbocycles. The first-order chi connectivity index (χ1) is 9.54. The molecule has 0 spiro atoms. The van der Waals surface area contributed by atoms with Gasteiger partial charge in [-0.2, -0.15) is 5.26 Å². The van der Waals surface area contributed by atoms with Crippen molar-refractivity contribution in [2.24, 2.45) is 10.8 Å². The van der Waals surface area contributed by atoms with Gasteiger partial charge < -0.3 is 0 Å². The number of carbonyl (C=O) groups is 1. The molecule has 0 aromatic heterocycles. The van der Waals surface area contributed by atoms with E-state index in [2.05, 4.69) is 51.1 Å². The molecule has 0 aliphatic heterocycles. The van der Waals surface area contributed by atoms with Gasteiger partial charge in [0.2, 0.25) is 0 Å². The molecule has 2 heteroatoms. The van der Waals surface area contributed by atoms with Crippen molar-refractivity contribution in [3.63, 3.8) is 0 Å². The van der Waals surface area contributed by atoms with E-state index >= 15 is 0 Å². The summed E-state index contributed by atoms with van der Waals surface area (Å²) in [6.45, 7) is 12.5. The number of Topliss-reactive ketones (excluding diaryl/α,β-unsaturated/α-hetero) is 1. The van der Waals surface area contributed by atoms with Gasteiger partial charge >= 0.3 is 0 Å². The first kappa shape index (κ1) is 15.8. The lowest BCUT2D eigenvalue weighted by Crippen LogP contribution is -2.55. The molecule has 0 amide bonds. The van der Waals surface area contributed by atoms with Crippen molar-refractivity contribution < 1.29 is 4.79 Å². The van der Waals surface area contributed by atoms with Crippen LogP contribution in [0.15, 0.2) is 24.3 Å². The third kappa shape index (κ3) is 2.29. The van der Waals surface area contributed by atoms with E-state index in [1.165, 1.54) is 5.56 Å². The van der Waals surface area contributed by atoms with Crippen molar-refractivity contribution in [3.8, 4) is 6.07 Å². The minimum Gasteiger partial charge on any atom is -0.298 e. The molecule has 2 rings (SSSR count). The quantitative estimate of drug-likeness (QED) is 0.756. The second-order valence-electron chi connectivity index (χ2n) is 8.22. The number of hydrogen-bond donors (Lipinski definition) is 0. The molecule has 1 aliphatic carbocycles. The molecular weight excluding hydrogens is 258 g/mol. The van der Waals surface area contributed by atoms with Gasteiger partial charge in [-0.15, -0.1) is 0 Å². The highest BCUT2D eigenvalue weighted by molar-refractivity contribution is 5.97. The lowest BCUT2D eigenvalue weighted by molar-refractivity contribution is -0.144. The minimum absolute atomic E-state index is 0.0176. The fourth-order valence-electron chi connectivity index (χ4n) is 3.39. The van der Waals surface area contributed by atoms with Crippen LogP contribution in [0.5, 0.6) is 0 Å². The second kappa shape index (κ2) is 4.70. The Morgan fingerprint density at radius 1 is 1.10 bits per heavy atom. The summed E-state index contributed by atoms with van der Waals surface area (Å²) in [6.07, 6.45) is 0.486. The van der Waals surface area contributed by atoms with Crippen LogP contribution >= 0.6 is 0 Å². The number of ketones is 1. The molecule has 0 saturated heterocycles. The molecule has 1 aromatic carbocycles. The number of rotatable bonds is 1. The average Bonchev–Trinajstić information content (AvgIpc) is 2.34. The molecule has 2 nitrogen and oxygen atoms in total. The highest BCUT2D eigenvalue weighted by Crippen LogP contribution is 2.59. The molecule has 0 N–H and O–H groups in total. The molecule has 0 bridgehead atoms. The molecule has 0 unspecified atom stereocenters. The van der Waals surface area contributed by atoms with Gasteiger partial charge in [-0.3, -0.25) is 4.79 Å². The maximum atomic E-state index is 12.2. The lowest BCUT2D eigenvalue weighted by atomic mass is 9.47. The molecule has 2 atom stereocenters. The van der Waals surface area contributed by atoms with Crippen LogP contribution in [0.2, 0.25) is 0 Å². The van der Waals surface area contributed by atoms with E-state index in [1.807, 2.05) is 20.8 Å². The largest absolute Gasteiger partial charge is 0.298 e. The molecule has 1 aromatic rings. The Kier molecular flexibility index (Phi) is 3.53. The Hall–Kier alpha value is -1.62. The van der Waals surface area contributed by atoms with Crippen molar-refractivity contribution in [3.05, 3.63) is 35.4 Å². The van der Waals surface area contributed by atoms with Gasteiger partial charge in [-0.1, -0.05) is 65.8 Å². The van der Waals surface area contributed by atoms with Crippen molar-refractivity contribution in [1.82, 2.24) is 0 Å². The van der Waals surface area contributed by atoms with Crippen LogP contribution in [0.4, 0.5) is 0 Å². The van der Waals surface area contributed by atoms with Crippen LogP contribution in [0, 0.1) is 22.2 Å². The zero-order valence-electron chi connectivity index (χ0n) is 13.9. The SMILES string of the molecule is CC(C)(C)c1ccc([C@@H]2CC(=O)[C@]2(C#N)C(C)(C)C)cc1. The van der Waals surface area contributed by atoms with E-state index in [0.29, 0.717) is 6.42 Å². The number of nitriles is 1. The van der Waals surface area contributed by atoms with E-state index in [0.717, 1.165) is 5.56 Å². The Bertz CT molecular complexity index is 592. The van der Waals surface area contributed by atoms with Gasteiger partial charge in [-0.25, -0.2) is 0 Å². The molecule has 1 aliphatic rings. The summed E-state index contributed by atoms with van der Waals surface area (Å²) in [5.41, 5.74) is 1.28. The van der Waals surface area contributed by atoms with Gasteiger partial charge in [0.05, 0.1) is 6.07 Å². The van der Waals surface area contributed by atoms with E-state index in [-0.39, 0.29) is 22.5 Å². The first-order valence-electron chi connectivity index (χ1n) is 7.59. The third-order valence-corrected chi connectivity index (χ3v) is 4.89. The number of nitrogens with zero attached hydrogens (tertiary/aromatic N) is 1. The van der Waals surface area contributed by atoms with Crippen LogP contribution in [0.1, 0.15) is 65.0 Å². The van der Waals surface area contributed by atoms with Crippen molar-refractivity contribution in [1.29, 1.82) is 5.26 Å². The Morgan fingerprint density at radius 2 is 1.62 bits per heavy atom. The topological polar surface area (TPSA) is 40.9 Å². The van der Waals surface area contributed by atoms with Crippen molar-refractivity contribution in [2.45, 2.75) is 59.3 Å². The predicted octanol–water partition coefficient (Wildman–Crippen LogP) is 4.60. The summed E-state index contributed by atoms with van der Waals surface area (Å²) in [7, 11) is 0. The Morgan fingerprint density at radius 3 is 1.95 bits per heavy atom. The van der Waals surface area contributed by atoms with Crippen LogP contribution < -0.4 is 0 Å². The molecule has 0 heterocycles. The fraction of sp³-hybridized carbons (Fsp3) is 0.579. The molecule has 112 valence electrons. The first-order valence-corrected chi connectivity index (χ1v) is 7.59. The van der Waals surface area contributed by atoms with Crippen LogP contribution in [0.3, 0.4) is 0 Å². The normalized spacial score (nSPS) is 26.1. The van der Waals surface area contributed by atoms with Crippen molar-refractivity contribution in [2.75, 3.05) is 0 Å². The maximum Gasteiger partial charge on any atom is 0.154 e. The number of carbonyl (C=O) groups excluding carboxylic acids is 1. The summed E-state index contributed by atoms with van der Waals surface area (Å²) in [5.74, 6) is 0.103. The van der Waals surface area contributed by atoms with Gasteiger partial charge in [0.1, 0.15) is 5.41 Å². The summed E-state index contributed by atoms with van der Waals surface area (Å²) in [6, 6.07) is 10.8. The van der Waals surface area contributed by atoms with E-state index < -0.39 is 5.41 Å². The minimum atomic E-state index is -0.879. The van der Waals surface area contributed by atoms with Gasteiger partial charge in [0.15, 0.2) is 5.78 Å². The molecule has 0 radical (unpaired) electrons. The summed E-state index contributed by atoms with van der Waals surface area (Å²) in [4.78, 5) is 12.2. The number of hydrogen-bond acceptors (Lipinski definition) is 2. The van der Waals surface area contributed by atoms with Gasteiger partial charge in [0.25, 0.3) is 0 Å². The zero-order valence-corrected chi connectivity index (χ0v) is 13.9. The monoisotopic (exact) mass is 283 g/mol. The lowest BCUT2D eigenvalue weighted by Gasteiger charge is -2.51. The smallest absolute Gasteiger partial charge is 0.154 e. The maximum absolute atomic E-state index is 12.2. The highest BCUT2D eigenvalue weighted by Gasteiger charge is 2.62. The summed E-state index contributed by atoms with van der Waals surface area (Å²) >= 11 is 0. The summed E-state index contributed by atoms with van der Waals surface area (Å²) in [5, 5.41) is 9.69. The van der Waals surface area contributed by atoms with Gasteiger partial charge in [0, 0.05) is 12.3 Å². The van der Waals surface area contributed by atoms with E-state index in [1.54, 1.807) is 0 Å². The summed E-state index contributed by atoms with van der Waals surface area (Å²) < 4.78 is 0.